The predicted molar refractivity (Wildman–Crippen MR) is 57.6 cm³/mol. The van der Waals surface area contributed by atoms with E-state index < -0.39 is 0 Å². The molecule has 1 aromatic carbocycles. The molecule has 0 bridgehead atoms. The lowest BCUT2D eigenvalue weighted by atomic mass is 10.0. The van der Waals surface area contributed by atoms with E-state index in [1.807, 2.05) is 30.3 Å². The van der Waals surface area contributed by atoms with Crippen LogP contribution in [0, 0.1) is 5.92 Å². The van der Waals surface area contributed by atoms with Crippen LogP contribution in [0.5, 0.6) is 0 Å². The predicted octanol–water partition coefficient (Wildman–Crippen LogP) is 3.18. The van der Waals surface area contributed by atoms with Gasteiger partial charge in [0.05, 0.1) is 0 Å². The molecule has 0 heterocycles. The van der Waals surface area contributed by atoms with E-state index in [4.69, 9.17) is 11.6 Å². The first-order valence-electron chi connectivity index (χ1n) is 4.70. The highest BCUT2D eigenvalue weighted by Crippen LogP contribution is 2.28. The molecular weight excluding hydrogens is 196 g/mol. The van der Waals surface area contributed by atoms with Crippen LogP contribution < -0.4 is 0 Å². The standard InChI is InChI=1S/C12H11ClO/c13-7-3-5-10-8-9-4-1-2-6-11(9)12(10)14/h1-4,6-7,10H,5,8H2/b7-3+. The van der Waals surface area contributed by atoms with Crippen molar-refractivity contribution in [3.8, 4) is 0 Å². The molecule has 1 unspecified atom stereocenters. The Bertz CT molecular complexity index is 382. The van der Waals surface area contributed by atoms with Crippen LogP contribution in [-0.2, 0) is 6.42 Å². The number of hydrogen-bond donors (Lipinski definition) is 0. The first kappa shape index (κ1) is 9.47. The van der Waals surface area contributed by atoms with Crippen LogP contribution in [0.4, 0.5) is 0 Å². The molecular formula is C12H11ClO. The quantitative estimate of drug-likeness (QED) is 0.727. The molecule has 1 aromatic rings. The Morgan fingerprint density at radius 2 is 2.21 bits per heavy atom. The third-order valence-electron chi connectivity index (χ3n) is 2.63. The zero-order valence-corrected chi connectivity index (χ0v) is 8.50. The summed E-state index contributed by atoms with van der Waals surface area (Å²) < 4.78 is 0. The fourth-order valence-corrected chi connectivity index (χ4v) is 2.03. The molecule has 1 nitrogen and oxygen atoms in total. The lowest BCUT2D eigenvalue weighted by Gasteiger charge is -2.01. The normalized spacial score (nSPS) is 20.4. The topological polar surface area (TPSA) is 17.1 Å². The Balaban J connectivity index is 2.21. The lowest BCUT2D eigenvalue weighted by molar-refractivity contribution is 0.0938. The van der Waals surface area contributed by atoms with Crippen LogP contribution in [0.15, 0.2) is 35.9 Å². The number of carbonyl (C=O) groups is 1. The van der Waals surface area contributed by atoms with Gasteiger partial charge in [0, 0.05) is 17.0 Å². The molecule has 2 rings (SSSR count). The second-order valence-corrected chi connectivity index (χ2v) is 3.77. The van der Waals surface area contributed by atoms with Gasteiger partial charge in [-0.05, 0) is 18.4 Å². The summed E-state index contributed by atoms with van der Waals surface area (Å²) in [6, 6.07) is 7.82. The summed E-state index contributed by atoms with van der Waals surface area (Å²) in [6.45, 7) is 0. The van der Waals surface area contributed by atoms with Gasteiger partial charge in [-0.2, -0.15) is 0 Å². The highest BCUT2D eigenvalue weighted by atomic mass is 35.5. The fourth-order valence-electron chi connectivity index (χ4n) is 1.92. The maximum Gasteiger partial charge on any atom is 0.166 e. The Labute approximate surface area is 88.4 Å². The maximum absolute atomic E-state index is 11.8. The molecule has 72 valence electrons. The second-order valence-electron chi connectivity index (χ2n) is 3.52. The third kappa shape index (κ3) is 1.60. The number of fused-ring (bicyclic) bond motifs is 1. The van der Waals surface area contributed by atoms with Gasteiger partial charge in [0.2, 0.25) is 0 Å². The van der Waals surface area contributed by atoms with E-state index in [-0.39, 0.29) is 11.7 Å². The minimum Gasteiger partial charge on any atom is -0.294 e. The lowest BCUT2D eigenvalue weighted by Crippen LogP contribution is -2.07. The molecule has 0 saturated carbocycles. The molecule has 14 heavy (non-hydrogen) atoms. The van der Waals surface area contributed by atoms with E-state index >= 15 is 0 Å². The molecule has 0 saturated heterocycles. The van der Waals surface area contributed by atoms with Gasteiger partial charge < -0.3 is 0 Å². The minimum atomic E-state index is 0.0994. The number of hydrogen-bond acceptors (Lipinski definition) is 1. The van der Waals surface area contributed by atoms with Crippen LogP contribution in [0.1, 0.15) is 22.3 Å². The van der Waals surface area contributed by atoms with Crippen molar-refractivity contribution in [1.29, 1.82) is 0 Å². The van der Waals surface area contributed by atoms with Crippen LogP contribution in [-0.4, -0.2) is 5.78 Å². The zero-order valence-electron chi connectivity index (χ0n) is 7.74. The van der Waals surface area contributed by atoms with Gasteiger partial charge in [0.15, 0.2) is 5.78 Å². The minimum absolute atomic E-state index is 0.0994. The van der Waals surface area contributed by atoms with E-state index in [0.717, 1.165) is 18.4 Å². The van der Waals surface area contributed by atoms with E-state index in [1.54, 1.807) is 0 Å². The van der Waals surface area contributed by atoms with Crippen molar-refractivity contribution in [2.24, 2.45) is 5.92 Å². The van der Waals surface area contributed by atoms with Gasteiger partial charge in [0.1, 0.15) is 0 Å². The summed E-state index contributed by atoms with van der Waals surface area (Å²) in [4.78, 5) is 11.8. The van der Waals surface area contributed by atoms with E-state index in [0.29, 0.717) is 0 Å². The van der Waals surface area contributed by atoms with Crippen molar-refractivity contribution in [3.63, 3.8) is 0 Å². The van der Waals surface area contributed by atoms with Crippen molar-refractivity contribution in [2.75, 3.05) is 0 Å². The van der Waals surface area contributed by atoms with Gasteiger partial charge in [-0.25, -0.2) is 0 Å². The smallest absolute Gasteiger partial charge is 0.166 e. The number of carbonyl (C=O) groups excluding carboxylic acids is 1. The number of rotatable bonds is 2. The Kier molecular flexibility index (Phi) is 2.69. The first-order valence-corrected chi connectivity index (χ1v) is 5.14. The van der Waals surface area contributed by atoms with Crippen LogP contribution in [0.3, 0.4) is 0 Å². The molecule has 1 atom stereocenters. The Hall–Kier alpha value is -1.08. The van der Waals surface area contributed by atoms with Crippen molar-refractivity contribution in [2.45, 2.75) is 12.8 Å². The molecule has 2 heteroatoms. The van der Waals surface area contributed by atoms with Gasteiger partial charge in [-0.15, -0.1) is 0 Å². The third-order valence-corrected chi connectivity index (χ3v) is 2.81. The Morgan fingerprint density at radius 3 is 2.93 bits per heavy atom. The molecule has 0 amide bonds. The average Bonchev–Trinajstić information content (AvgIpc) is 2.54. The van der Waals surface area contributed by atoms with E-state index in [9.17, 15) is 4.79 Å². The summed E-state index contributed by atoms with van der Waals surface area (Å²) in [5.74, 6) is 0.359. The first-order chi connectivity index (χ1) is 6.83. The molecule has 0 N–H and O–H groups in total. The number of ketones is 1. The molecule has 1 aliphatic carbocycles. The summed E-state index contributed by atoms with van der Waals surface area (Å²) in [5, 5.41) is 0. The molecule has 0 spiro atoms. The van der Waals surface area contributed by atoms with E-state index in [1.165, 1.54) is 11.1 Å². The monoisotopic (exact) mass is 206 g/mol. The summed E-state index contributed by atoms with van der Waals surface area (Å²) in [5.41, 5.74) is 3.54. The number of halogens is 1. The van der Waals surface area contributed by atoms with Crippen molar-refractivity contribution in [3.05, 3.63) is 47.0 Å². The average molecular weight is 207 g/mol. The molecule has 0 aromatic heterocycles. The van der Waals surface area contributed by atoms with Crippen molar-refractivity contribution < 1.29 is 4.79 Å². The van der Waals surface area contributed by atoms with Crippen molar-refractivity contribution in [1.82, 2.24) is 0 Å². The maximum atomic E-state index is 11.8. The molecule has 1 aliphatic rings. The number of Topliss-reactive ketones (excluding diaryl/α,β-unsaturated/α-hetero) is 1. The summed E-state index contributed by atoms with van der Waals surface area (Å²) in [6.07, 6.45) is 3.45. The highest BCUT2D eigenvalue weighted by Gasteiger charge is 2.28. The van der Waals surface area contributed by atoms with Crippen LogP contribution >= 0.6 is 11.6 Å². The SMILES string of the molecule is O=C1c2ccccc2CC1C/C=C/Cl. The number of allylic oxidation sites excluding steroid dienone is 1. The van der Waals surface area contributed by atoms with Gasteiger partial charge >= 0.3 is 0 Å². The largest absolute Gasteiger partial charge is 0.294 e. The van der Waals surface area contributed by atoms with Gasteiger partial charge in [-0.3, -0.25) is 4.79 Å². The molecule has 0 aliphatic heterocycles. The Morgan fingerprint density at radius 1 is 1.43 bits per heavy atom. The summed E-state index contributed by atoms with van der Waals surface area (Å²) in [7, 11) is 0. The van der Waals surface area contributed by atoms with Crippen LogP contribution in [0.25, 0.3) is 0 Å². The zero-order chi connectivity index (χ0) is 9.97. The fraction of sp³-hybridized carbons (Fsp3) is 0.250. The van der Waals surface area contributed by atoms with Crippen LogP contribution in [0.2, 0.25) is 0 Å². The number of benzene rings is 1. The highest BCUT2D eigenvalue weighted by molar-refractivity contribution is 6.25. The summed E-state index contributed by atoms with van der Waals surface area (Å²) >= 11 is 5.45. The van der Waals surface area contributed by atoms with Gasteiger partial charge in [-0.1, -0.05) is 41.9 Å². The van der Waals surface area contributed by atoms with Crippen molar-refractivity contribution >= 4 is 17.4 Å². The second kappa shape index (κ2) is 3.97. The molecule has 0 fully saturated rings. The molecule has 0 radical (unpaired) electrons. The van der Waals surface area contributed by atoms with E-state index in [2.05, 4.69) is 0 Å². The van der Waals surface area contributed by atoms with Gasteiger partial charge in [0.25, 0.3) is 0 Å².